The van der Waals surface area contributed by atoms with Gasteiger partial charge in [0.1, 0.15) is 6.07 Å². The van der Waals surface area contributed by atoms with E-state index in [0.29, 0.717) is 18.5 Å². The predicted octanol–water partition coefficient (Wildman–Crippen LogP) is 3.09. The van der Waals surface area contributed by atoms with Crippen LogP contribution in [0.2, 0.25) is 0 Å². The Morgan fingerprint density at radius 1 is 1.50 bits per heavy atom. The second-order valence-electron chi connectivity index (χ2n) is 2.78. The fraction of sp³-hybridized carbons (Fsp3) is 0.300. The van der Waals surface area contributed by atoms with Crippen molar-refractivity contribution < 1.29 is 4.39 Å². The van der Waals surface area contributed by atoms with Gasteiger partial charge >= 0.3 is 0 Å². The average molecular weight is 257 g/mol. The van der Waals surface area contributed by atoms with Crippen molar-refractivity contribution in [1.82, 2.24) is 0 Å². The Balaban J connectivity index is 2.63. The van der Waals surface area contributed by atoms with Gasteiger partial charge in [0.05, 0.1) is 12.2 Å². The van der Waals surface area contributed by atoms with Crippen LogP contribution < -0.4 is 5.32 Å². The Hall–Kier alpha value is -1.08. The van der Waals surface area contributed by atoms with Crippen molar-refractivity contribution in [3.05, 3.63) is 28.2 Å². The molecule has 0 fully saturated rings. The topological polar surface area (TPSA) is 35.8 Å². The van der Waals surface area contributed by atoms with Crippen molar-refractivity contribution in [2.75, 3.05) is 18.5 Å². The Morgan fingerprint density at radius 2 is 2.29 bits per heavy atom. The molecule has 74 valence electrons. The number of nitrogens with zero attached hydrogens (tertiary/aromatic N) is 1. The minimum Gasteiger partial charge on any atom is -0.385 e. The van der Waals surface area contributed by atoms with Crippen LogP contribution in [-0.2, 0) is 0 Å². The van der Waals surface area contributed by atoms with E-state index in [-0.39, 0.29) is 6.67 Å². The number of benzene rings is 1. The molecule has 0 amide bonds. The standard InChI is InChI=1S/C10H10BrFN2/c11-10-6-9(14-5-1-4-12)3-2-8(10)7-13/h2-3,6,14H,1,4-5H2. The second-order valence-corrected chi connectivity index (χ2v) is 3.63. The van der Waals surface area contributed by atoms with Crippen LogP contribution in [0.15, 0.2) is 22.7 Å². The molecule has 4 heteroatoms. The molecule has 1 N–H and O–H groups in total. The van der Waals surface area contributed by atoms with E-state index < -0.39 is 0 Å². The molecular formula is C10H10BrFN2. The summed E-state index contributed by atoms with van der Waals surface area (Å²) in [6.07, 6.45) is 0.498. The number of nitriles is 1. The zero-order valence-electron chi connectivity index (χ0n) is 7.56. The van der Waals surface area contributed by atoms with E-state index in [1.807, 2.05) is 12.1 Å². The van der Waals surface area contributed by atoms with Crippen molar-refractivity contribution in [2.45, 2.75) is 6.42 Å². The monoisotopic (exact) mass is 256 g/mol. The number of hydrogen-bond donors (Lipinski definition) is 1. The average Bonchev–Trinajstić information content (AvgIpc) is 2.18. The van der Waals surface area contributed by atoms with E-state index in [0.717, 1.165) is 10.2 Å². The summed E-state index contributed by atoms with van der Waals surface area (Å²) in [5.41, 5.74) is 1.49. The number of nitrogens with one attached hydrogen (secondary N) is 1. The quantitative estimate of drug-likeness (QED) is 0.841. The molecule has 0 aliphatic carbocycles. The van der Waals surface area contributed by atoms with Gasteiger partial charge in [0.15, 0.2) is 0 Å². The Labute approximate surface area is 90.9 Å². The molecule has 0 saturated carbocycles. The lowest BCUT2D eigenvalue weighted by molar-refractivity contribution is 0.481. The third-order valence-corrected chi connectivity index (χ3v) is 2.39. The highest BCUT2D eigenvalue weighted by atomic mass is 79.9. The molecule has 1 rings (SSSR count). The van der Waals surface area contributed by atoms with Crippen molar-refractivity contribution in [3.8, 4) is 6.07 Å². The molecule has 0 aliphatic rings. The van der Waals surface area contributed by atoms with Crippen LogP contribution in [-0.4, -0.2) is 13.2 Å². The van der Waals surface area contributed by atoms with Gasteiger partial charge in [0.2, 0.25) is 0 Å². The number of alkyl halides is 1. The van der Waals surface area contributed by atoms with Gasteiger partial charge in [-0.1, -0.05) is 0 Å². The van der Waals surface area contributed by atoms with Crippen LogP contribution in [0.5, 0.6) is 0 Å². The van der Waals surface area contributed by atoms with Gasteiger partial charge < -0.3 is 5.32 Å². The van der Waals surface area contributed by atoms with Crippen LogP contribution in [0.25, 0.3) is 0 Å². The fourth-order valence-electron chi connectivity index (χ4n) is 1.02. The van der Waals surface area contributed by atoms with E-state index in [2.05, 4.69) is 27.3 Å². The summed E-state index contributed by atoms with van der Waals surface area (Å²) in [5, 5.41) is 11.7. The summed E-state index contributed by atoms with van der Waals surface area (Å²) in [6, 6.07) is 7.40. The van der Waals surface area contributed by atoms with Crippen molar-refractivity contribution in [3.63, 3.8) is 0 Å². The largest absolute Gasteiger partial charge is 0.385 e. The second kappa shape index (κ2) is 5.61. The smallest absolute Gasteiger partial charge is 0.100 e. The van der Waals surface area contributed by atoms with E-state index in [9.17, 15) is 4.39 Å². The SMILES string of the molecule is N#Cc1ccc(NCCCF)cc1Br. The number of rotatable bonds is 4. The minimum atomic E-state index is -0.315. The molecule has 1 aromatic rings. The molecule has 0 aliphatic heterocycles. The minimum absolute atomic E-state index is 0.315. The lowest BCUT2D eigenvalue weighted by atomic mass is 10.2. The van der Waals surface area contributed by atoms with Gasteiger partial charge in [0, 0.05) is 16.7 Å². The highest BCUT2D eigenvalue weighted by Crippen LogP contribution is 2.20. The third-order valence-electron chi connectivity index (χ3n) is 1.73. The highest BCUT2D eigenvalue weighted by molar-refractivity contribution is 9.10. The van der Waals surface area contributed by atoms with Crippen LogP contribution in [0.1, 0.15) is 12.0 Å². The Bertz CT molecular complexity index is 346. The predicted molar refractivity (Wildman–Crippen MR) is 57.9 cm³/mol. The van der Waals surface area contributed by atoms with E-state index in [1.54, 1.807) is 6.07 Å². The van der Waals surface area contributed by atoms with Crippen molar-refractivity contribution in [2.24, 2.45) is 0 Å². The summed E-state index contributed by atoms with van der Waals surface area (Å²) in [4.78, 5) is 0. The van der Waals surface area contributed by atoms with Gasteiger partial charge in [-0.15, -0.1) is 0 Å². The summed E-state index contributed by atoms with van der Waals surface area (Å²) >= 11 is 3.28. The molecule has 0 heterocycles. The van der Waals surface area contributed by atoms with Gasteiger partial charge in [-0.3, -0.25) is 4.39 Å². The number of hydrogen-bond acceptors (Lipinski definition) is 2. The molecule has 0 atom stereocenters. The molecule has 2 nitrogen and oxygen atoms in total. The van der Waals surface area contributed by atoms with Crippen LogP contribution in [0, 0.1) is 11.3 Å². The maximum absolute atomic E-state index is 11.8. The summed E-state index contributed by atoms with van der Waals surface area (Å²) < 4.78 is 12.6. The third kappa shape index (κ3) is 3.00. The fourth-order valence-corrected chi connectivity index (χ4v) is 1.48. The van der Waals surface area contributed by atoms with E-state index in [4.69, 9.17) is 5.26 Å². The van der Waals surface area contributed by atoms with Gasteiger partial charge in [0.25, 0.3) is 0 Å². The Kier molecular flexibility index (Phi) is 4.41. The van der Waals surface area contributed by atoms with Crippen LogP contribution in [0.4, 0.5) is 10.1 Å². The molecular weight excluding hydrogens is 247 g/mol. The zero-order chi connectivity index (χ0) is 10.4. The van der Waals surface area contributed by atoms with Crippen molar-refractivity contribution in [1.29, 1.82) is 5.26 Å². The summed E-state index contributed by atoms with van der Waals surface area (Å²) in [5.74, 6) is 0. The molecule has 0 saturated heterocycles. The normalized spacial score (nSPS) is 9.50. The maximum atomic E-state index is 11.8. The van der Waals surface area contributed by atoms with Gasteiger partial charge in [-0.25, -0.2) is 0 Å². The first-order chi connectivity index (χ1) is 6.77. The molecule has 0 radical (unpaired) electrons. The first kappa shape index (κ1) is 11.0. The van der Waals surface area contributed by atoms with Crippen molar-refractivity contribution >= 4 is 21.6 Å². The van der Waals surface area contributed by atoms with Gasteiger partial charge in [-0.05, 0) is 40.5 Å². The lowest BCUT2D eigenvalue weighted by Crippen LogP contribution is -2.02. The van der Waals surface area contributed by atoms with Gasteiger partial charge in [-0.2, -0.15) is 5.26 Å². The molecule has 1 aromatic carbocycles. The summed E-state index contributed by atoms with van der Waals surface area (Å²) in [6.45, 7) is 0.291. The first-order valence-electron chi connectivity index (χ1n) is 4.27. The lowest BCUT2D eigenvalue weighted by Gasteiger charge is -2.05. The Morgan fingerprint density at radius 3 is 2.86 bits per heavy atom. The highest BCUT2D eigenvalue weighted by Gasteiger charge is 1.99. The molecule has 0 unspecified atom stereocenters. The first-order valence-corrected chi connectivity index (χ1v) is 5.06. The molecule has 0 aromatic heterocycles. The molecule has 14 heavy (non-hydrogen) atoms. The van der Waals surface area contributed by atoms with Crippen LogP contribution >= 0.6 is 15.9 Å². The van der Waals surface area contributed by atoms with Crippen LogP contribution in [0.3, 0.4) is 0 Å². The van der Waals surface area contributed by atoms with E-state index in [1.165, 1.54) is 0 Å². The zero-order valence-corrected chi connectivity index (χ0v) is 9.14. The maximum Gasteiger partial charge on any atom is 0.100 e. The summed E-state index contributed by atoms with van der Waals surface area (Å²) in [7, 11) is 0. The number of anilines is 1. The number of halogens is 2. The molecule has 0 bridgehead atoms. The van der Waals surface area contributed by atoms with E-state index >= 15 is 0 Å². The molecule has 0 spiro atoms.